The number of carbonyl (C=O) groups excluding carboxylic acids is 1. The number of anilines is 1. The van der Waals surface area contributed by atoms with Gasteiger partial charge >= 0.3 is 16.1 Å². The van der Waals surface area contributed by atoms with Crippen molar-refractivity contribution < 1.29 is 26.5 Å². The highest BCUT2D eigenvalue weighted by Crippen LogP contribution is 2.24. The highest BCUT2D eigenvalue weighted by atomic mass is 32.2. The van der Waals surface area contributed by atoms with Gasteiger partial charge in [0, 0.05) is 13.1 Å². The van der Waals surface area contributed by atoms with Crippen molar-refractivity contribution in [2.75, 3.05) is 19.0 Å². The van der Waals surface area contributed by atoms with Crippen LogP contribution in [-0.2, 0) is 16.7 Å². The molecule has 3 aromatic rings. The molecule has 0 heterocycles. The summed E-state index contributed by atoms with van der Waals surface area (Å²) < 4.78 is 48.3. The van der Waals surface area contributed by atoms with Gasteiger partial charge in [-0.05, 0) is 60.0 Å². The van der Waals surface area contributed by atoms with Gasteiger partial charge in [0.2, 0.25) is 0 Å². The lowest BCUT2D eigenvalue weighted by molar-refractivity contribution is 0.201. The molecule has 0 unspecified atom stereocenters. The zero-order chi connectivity index (χ0) is 24.7. The summed E-state index contributed by atoms with van der Waals surface area (Å²) in [7, 11) is -2.55. The third kappa shape index (κ3) is 6.71. The predicted octanol–water partition coefficient (Wildman–Crippen LogP) is 5.29. The predicted molar refractivity (Wildman–Crippen MR) is 128 cm³/mol. The fraction of sp³-hybridized carbons (Fsp3) is 0.240. The second kappa shape index (κ2) is 11.0. The van der Waals surface area contributed by atoms with Crippen LogP contribution >= 0.6 is 0 Å². The van der Waals surface area contributed by atoms with Gasteiger partial charge in [-0.25, -0.2) is 9.18 Å². The molecule has 0 aromatic heterocycles. The Balaban J connectivity index is 1.71. The molecule has 9 heteroatoms. The van der Waals surface area contributed by atoms with Gasteiger partial charge in [0.15, 0.2) is 0 Å². The number of benzene rings is 3. The fourth-order valence-electron chi connectivity index (χ4n) is 3.25. The number of rotatable bonds is 9. The van der Waals surface area contributed by atoms with E-state index in [1.54, 1.807) is 29.2 Å². The van der Waals surface area contributed by atoms with Gasteiger partial charge < -0.3 is 19.1 Å². The van der Waals surface area contributed by atoms with Crippen molar-refractivity contribution in [1.82, 2.24) is 4.90 Å². The lowest BCUT2D eigenvalue weighted by Crippen LogP contribution is -2.37. The summed E-state index contributed by atoms with van der Waals surface area (Å²) in [6.45, 7) is 4.85. The number of carbonyl (C=O) groups is 1. The van der Waals surface area contributed by atoms with Gasteiger partial charge in [0.05, 0.1) is 12.8 Å². The second-order valence-electron chi connectivity index (χ2n) is 8.04. The van der Waals surface area contributed by atoms with Crippen LogP contribution in [0.5, 0.6) is 11.5 Å². The number of amides is 2. The molecule has 3 rings (SSSR count). The molecule has 0 saturated heterocycles. The van der Waals surface area contributed by atoms with E-state index in [2.05, 4.69) is 5.32 Å². The minimum absolute atomic E-state index is 0.113. The standard InChI is InChI=1S/C25H27FN2O5S/c1-18(2)16-28(25(29)27-23-6-4-5-7-24(23)32-3)17-19-8-12-21(13-9-19)33-34(30,31)22-14-10-20(26)11-15-22/h4-15,18H,16-17H2,1-3H3,(H,27,29). The van der Waals surface area contributed by atoms with Crippen molar-refractivity contribution in [3.8, 4) is 11.5 Å². The van der Waals surface area contributed by atoms with E-state index in [1.165, 1.54) is 19.2 Å². The van der Waals surface area contributed by atoms with Crippen molar-refractivity contribution >= 4 is 21.8 Å². The summed E-state index contributed by atoms with van der Waals surface area (Å²) in [5, 5.41) is 2.88. The van der Waals surface area contributed by atoms with Crippen LogP contribution < -0.4 is 14.2 Å². The Morgan fingerprint density at radius 1 is 1.00 bits per heavy atom. The first kappa shape index (κ1) is 25.0. The molecule has 0 radical (unpaired) electrons. The van der Waals surface area contributed by atoms with Crippen LogP contribution in [0.3, 0.4) is 0 Å². The molecule has 0 aliphatic heterocycles. The Bertz CT molecular complexity index is 1210. The van der Waals surface area contributed by atoms with Crippen LogP contribution in [0.4, 0.5) is 14.9 Å². The zero-order valence-corrected chi connectivity index (χ0v) is 20.0. The topological polar surface area (TPSA) is 84.9 Å². The number of halogens is 1. The van der Waals surface area contributed by atoms with Crippen molar-refractivity contribution in [2.45, 2.75) is 25.3 Å². The quantitative estimate of drug-likeness (QED) is 0.415. The first-order valence-corrected chi connectivity index (χ1v) is 12.1. The van der Waals surface area contributed by atoms with E-state index in [0.29, 0.717) is 24.5 Å². The number of methoxy groups -OCH3 is 1. The average molecular weight is 487 g/mol. The smallest absolute Gasteiger partial charge is 0.339 e. The normalized spacial score (nSPS) is 11.2. The molecule has 180 valence electrons. The van der Waals surface area contributed by atoms with E-state index in [1.807, 2.05) is 26.0 Å². The summed E-state index contributed by atoms with van der Waals surface area (Å²) >= 11 is 0. The molecule has 0 aliphatic rings. The first-order chi connectivity index (χ1) is 16.2. The monoisotopic (exact) mass is 486 g/mol. The maximum Gasteiger partial charge on any atom is 0.339 e. The van der Waals surface area contributed by atoms with Gasteiger partial charge in [-0.1, -0.05) is 38.1 Å². The number of hydrogen-bond acceptors (Lipinski definition) is 5. The van der Waals surface area contributed by atoms with Gasteiger partial charge in [-0.2, -0.15) is 8.42 Å². The van der Waals surface area contributed by atoms with Crippen LogP contribution in [0.1, 0.15) is 19.4 Å². The van der Waals surface area contributed by atoms with Crippen LogP contribution in [0, 0.1) is 11.7 Å². The highest BCUT2D eigenvalue weighted by molar-refractivity contribution is 7.87. The van der Waals surface area contributed by atoms with Gasteiger partial charge in [0.25, 0.3) is 0 Å². The maximum atomic E-state index is 13.1. The third-order valence-electron chi connectivity index (χ3n) is 4.83. The number of hydrogen-bond donors (Lipinski definition) is 1. The van der Waals surface area contributed by atoms with Crippen molar-refractivity contribution in [3.05, 3.63) is 84.2 Å². The molecule has 0 spiro atoms. The molecule has 0 bridgehead atoms. The second-order valence-corrected chi connectivity index (χ2v) is 9.59. The zero-order valence-electron chi connectivity index (χ0n) is 19.2. The Kier molecular flexibility index (Phi) is 8.12. The maximum absolute atomic E-state index is 13.1. The summed E-state index contributed by atoms with van der Waals surface area (Å²) in [5.41, 5.74) is 1.36. The molecule has 0 atom stereocenters. The Morgan fingerprint density at radius 2 is 1.65 bits per heavy atom. The summed E-state index contributed by atoms with van der Waals surface area (Å²) in [6, 6.07) is 17.7. The van der Waals surface area contributed by atoms with Gasteiger partial charge in [-0.3, -0.25) is 0 Å². The van der Waals surface area contributed by atoms with E-state index in [4.69, 9.17) is 8.92 Å². The van der Waals surface area contributed by atoms with Crippen LogP contribution in [-0.4, -0.2) is 33.0 Å². The first-order valence-electron chi connectivity index (χ1n) is 10.7. The molecule has 0 aliphatic carbocycles. The van der Waals surface area contributed by atoms with Crippen molar-refractivity contribution in [3.63, 3.8) is 0 Å². The summed E-state index contributed by atoms with van der Waals surface area (Å²) in [6.07, 6.45) is 0. The number of para-hydroxylation sites is 2. The molecule has 0 saturated carbocycles. The third-order valence-corrected chi connectivity index (χ3v) is 6.09. The van der Waals surface area contributed by atoms with E-state index in [-0.39, 0.29) is 22.6 Å². The SMILES string of the molecule is COc1ccccc1NC(=O)N(Cc1ccc(OS(=O)(=O)c2ccc(F)cc2)cc1)CC(C)C. The molecular formula is C25H27FN2O5S. The minimum Gasteiger partial charge on any atom is -0.495 e. The van der Waals surface area contributed by atoms with Crippen molar-refractivity contribution in [1.29, 1.82) is 0 Å². The van der Waals surface area contributed by atoms with E-state index < -0.39 is 15.9 Å². The van der Waals surface area contributed by atoms with Crippen molar-refractivity contribution in [2.24, 2.45) is 5.92 Å². The highest BCUT2D eigenvalue weighted by Gasteiger charge is 2.19. The number of nitrogens with zero attached hydrogens (tertiary/aromatic N) is 1. The van der Waals surface area contributed by atoms with Crippen LogP contribution in [0.25, 0.3) is 0 Å². The van der Waals surface area contributed by atoms with E-state index in [0.717, 1.165) is 29.8 Å². The average Bonchev–Trinajstić information content (AvgIpc) is 2.80. The molecular weight excluding hydrogens is 459 g/mol. The Labute approximate surface area is 199 Å². The Hall–Kier alpha value is -3.59. The van der Waals surface area contributed by atoms with Crippen LogP contribution in [0.15, 0.2) is 77.7 Å². The van der Waals surface area contributed by atoms with Gasteiger partial charge in [0.1, 0.15) is 22.2 Å². The molecule has 1 N–H and O–H groups in total. The van der Waals surface area contributed by atoms with Gasteiger partial charge in [-0.15, -0.1) is 0 Å². The lowest BCUT2D eigenvalue weighted by atomic mass is 10.1. The molecule has 7 nitrogen and oxygen atoms in total. The fourth-order valence-corrected chi connectivity index (χ4v) is 4.18. The molecule has 3 aromatic carbocycles. The van der Waals surface area contributed by atoms with Crippen LogP contribution in [0.2, 0.25) is 0 Å². The minimum atomic E-state index is -4.09. The summed E-state index contributed by atoms with van der Waals surface area (Å²) in [4.78, 5) is 14.5. The number of nitrogens with one attached hydrogen (secondary N) is 1. The summed E-state index contributed by atoms with van der Waals surface area (Å²) in [5.74, 6) is 0.363. The lowest BCUT2D eigenvalue weighted by Gasteiger charge is -2.25. The number of ether oxygens (including phenoxy) is 1. The largest absolute Gasteiger partial charge is 0.495 e. The molecule has 0 fully saturated rings. The Morgan fingerprint density at radius 3 is 2.26 bits per heavy atom. The van der Waals surface area contributed by atoms with E-state index in [9.17, 15) is 17.6 Å². The van der Waals surface area contributed by atoms with E-state index >= 15 is 0 Å². The number of urea groups is 1. The molecule has 2 amide bonds. The molecule has 34 heavy (non-hydrogen) atoms.